The molecule has 3 rings (SSSR count). The molecule has 0 aliphatic heterocycles. The van der Waals surface area contributed by atoms with Gasteiger partial charge in [-0.05, 0) is 18.7 Å². The number of methoxy groups -OCH3 is 1. The Morgan fingerprint density at radius 2 is 2.26 bits per heavy atom. The Morgan fingerprint density at radius 1 is 1.37 bits per heavy atom. The first-order valence-corrected chi connectivity index (χ1v) is 6.69. The van der Waals surface area contributed by atoms with Crippen molar-refractivity contribution in [3.05, 3.63) is 29.3 Å². The smallest absolute Gasteiger partial charge is 0.234 e. The molecule has 0 radical (unpaired) electrons. The van der Waals surface area contributed by atoms with Gasteiger partial charge in [-0.2, -0.15) is 9.61 Å². The molecule has 0 amide bonds. The molecule has 1 aromatic carbocycles. The van der Waals surface area contributed by atoms with Crippen LogP contribution in [0.15, 0.2) is 24.3 Å². The van der Waals surface area contributed by atoms with Crippen LogP contribution in [0.1, 0.15) is 5.01 Å². The normalized spacial score (nSPS) is 11.1. The number of fused-ring (bicyclic) bond motifs is 1. The summed E-state index contributed by atoms with van der Waals surface area (Å²) >= 11 is 1.51. The van der Waals surface area contributed by atoms with Crippen molar-refractivity contribution >= 4 is 16.3 Å². The van der Waals surface area contributed by atoms with Crippen LogP contribution in [0.25, 0.3) is 16.3 Å². The quantitative estimate of drug-likeness (QED) is 0.778. The van der Waals surface area contributed by atoms with E-state index in [0.717, 1.165) is 27.7 Å². The third-order valence-electron chi connectivity index (χ3n) is 2.72. The van der Waals surface area contributed by atoms with E-state index in [9.17, 15) is 0 Å². The maximum Gasteiger partial charge on any atom is 0.234 e. The fourth-order valence-corrected chi connectivity index (χ4v) is 2.67. The standard InChI is InChI=1S/C12H13N5OS/c1-18-9-4-2-3-8(7-9)11-14-15-12-17(11)16-10(19-12)5-6-13/h2-4,7H,5-6,13H2,1H3. The summed E-state index contributed by atoms with van der Waals surface area (Å²) in [6.07, 6.45) is 0.756. The Morgan fingerprint density at radius 3 is 3.05 bits per heavy atom. The Labute approximate surface area is 113 Å². The lowest BCUT2D eigenvalue weighted by Crippen LogP contribution is -2.03. The average Bonchev–Trinajstić information content (AvgIpc) is 2.99. The number of nitrogens with zero attached hydrogens (tertiary/aromatic N) is 4. The van der Waals surface area contributed by atoms with Gasteiger partial charge in [0.25, 0.3) is 0 Å². The van der Waals surface area contributed by atoms with Crippen LogP contribution >= 0.6 is 11.3 Å². The van der Waals surface area contributed by atoms with Crippen LogP contribution in [0, 0.1) is 0 Å². The Kier molecular flexibility index (Phi) is 3.14. The van der Waals surface area contributed by atoms with Crippen LogP contribution in [-0.2, 0) is 6.42 Å². The number of benzene rings is 1. The molecule has 0 aliphatic rings. The number of ether oxygens (including phenoxy) is 1. The molecule has 7 heteroatoms. The highest BCUT2D eigenvalue weighted by Gasteiger charge is 2.13. The van der Waals surface area contributed by atoms with Crippen molar-refractivity contribution in [2.24, 2.45) is 5.73 Å². The minimum Gasteiger partial charge on any atom is -0.497 e. The van der Waals surface area contributed by atoms with Crippen molar-refractivity contribution in [1.29, 1.82) is 0 Å². The van der Waals surface area contributed by atoms with Gasteiger partial charge in [0.15, 0.2) is 5.82 Å². The fourth-order valence-electron chi connectivity index (χ4n) is 1.82. The molecule has 0 unspecified atom stereocenters. The molecular weight excluding hydrogens is 262 g/mol. The van der Waals surface area contributed by atoms with E-state index >= 15 is 0 Å². The SMILES string of the molecule is COc1cccc(-c2nnc3sc(CCN)nn23)c1. The van der Waals surface area contributed by atoms with Crippen molar-refractivity contribution in [1.82, 2.24) is 19.8 Å². The van der Waals surface area contributed by atoms with E-state index in [1.165, 1.54) is 11.3 Å². The van der Waals surface area contributed by atoms with Crippen LogP contribution in [0.3, 0.4) is 0 Å². The van der Waals surface area contributed by atoms with Crippen LogP contribution < -0.4 is 10.5 Å². The van der Waals surface area contributed by atoms with E-state index in [0.29, 0.717) is 12.4 Å². The third-order valence-corrected chi connectivity index (χ3v) is 3.68. The number of nitrogens with two attached hydrogens (primary N) is 1. The second kappa shape index (κ2) is 4.94. The predicted octanol–water partition coefficient (Wildman–Crippen LogP) is 1.36. The van der Waals surface area contributed by atoms with Gasteiger partial charge in [-0.25, -0.2) is 0 Å². The summed E-state index contributed by atoms with van der Waals surface area (Å²) in [7, 11) is 1.64. The fraction of sp³-hybridized carbons (Fsp3) is 0.250. The molecular formula is C12H13N5OS. The van der Waals surface area contributed by atoms with Gasteiger partial charge in [0.05, 0.1) is 7.11 Å². The largest absolute Gasteiger partial charge is 0.497 e. The lowest BCUT2D eigenvalue weighted by molar-refractivity contribution is 0.415. The van der Waals surface area contributed by atoms with Gasteiger partial charge in [-0.1, -0.05) is 23.5 Å². The number of hydrogen-bond acceptors (Lipinski definition) is 6. The first kappa shape index (κ1) is 12.1. The summed E-state index contributed by atoms with van der Waals surface area (Å²) in [6, 6.07) is 7.68. The summed E-state index contributed by atoms with van der Waals surface area (Å²) in [4.78, 5) is 0.779. The van der Waals surface area contributed by atoms with Crippen molar-refractivity contribution in [2.45, 2.75) is 6.42 Å². The maximum absolute atomic E-state index is 5.54. The monoisotopic (exact) mass is 275 g/mol. The van der Waals surface area contributed by atoms with E-state index in [1.807, 2.05) is 24.3 Å². The molecule has 0 aliphatic carbocycles. The highest BCUT2D eigenvalue weighted by molar-refractivity contribution is 7.16. The Bertz CT molecular complexity index is 705. The van der Waals surface area contributed by atoms with Gasteiger partial charge in [-0.3, -0.25) is 0 Å². The van der Waals surface area contributed by atoms with Gasteiger partial charge in [0.2, 0.25) is 4.96 Å². The van der Waals surface area contributed by atoms with Crippen LogP contribution in [0.2, 0.25) is 0 Å². The second-order valence-corrected chi connectivity index (χ2v) is 5.02. The summed E-state index contributed by atoms with van der Waals surface area (Å²) < 4.78 is 6.97. The van der Waals surface area contributed by atoms with E-state index in [1.54, 1.807) is 11.6 Å². The van der Waals surface area contributed by atoms with Crippen molar-refractivity contribution in [2.75, 3.05) is 13.7 Å². The molecule has 2 aromatic heterocycles. The zero-order valence-electron chi connectivity index (χ0n) is 10.4. The minimum atomic E-state index is 0.582. The highest BCUT2D eigenvalue weighted by Crippen LogP contribution is 2.24. The van der Waals surface area contributed by atoms with Crippen molar-refractivity contribution in [3.8, 4) is 17.1 Å². The van der Waals surface area contributed by atoms with E-state index < -0.39 is 0 Å². The summed E-state index contributed by atoms with van der Waals surface area (Å²) in [5, 5.41) is 13.8. The first-order chi connectivity index (χ1) is 9.31. The molecule has 3 aromatic rings. The predicted molar refractivity (Wildman–Crippen MR) is 73.4 cm³/mol. The van der Waals surface area contributed by atoms with Gasteiger partial charge in [-0.15, -0.1) is 10.2 Å². The van der Waals surface area contributed by atoms with E-state index in [4.69, 9.17) is 10.5 Å². The number of aromatic nitrogens is 4. The first-order valence-electron chi connectivity index (χ1n) is 5.87. The second-order valence-electron chi connectivity index (χ2n) is 3.98. The lowest BCUT2D eigenvalue weighted by atomic mass is 10.2. The number of hydrogen-bond donors (Lipinski definition) is 1. The van der Waals surface area contributed by atoms with Crippen molar-refractivity contribution in [3.63, 3.8) is 0 Å². The zero-order chi connectivity index (χ0) is 13.2. The minimum absolute atomic E-state index is 0.582. The van der Waals surface area contributed by atoms with Crippen LogP contribution in [0.5, 0.6) is 5.75 Å². The van der Waals surface area contributed by atoms with Gasteiger partial charge >= 0.3 is 0 Å². The van der Waals surface area contributed by atoms with E-state index in [2.05, 4.69) is 15.3 Å². The van der Waals surface area contributed by atoms with Gasteiger partial charge < -0.3 is 10.5 Å². The molecule has 0 saturated carbocycles. The number of rotatable bonds is 4. The molecule has 0 spiro atoms. The molecule has 0 bridgehead atoms. The summed E-state index contributed by atoms with van der Waals surface area (Å²) in [6.45, 7) is 0.582. The lowest BCUT2D eigenvalue weighted by Gasteiger charge is -2.01. The maximum atomic E-state index is 5.54. The van der Waals surface area contributed by atoms with Crippen LogP contribution in [-0.4, -0.2) is 33.5 Å². The molecule has 2 heterocycles. The molecule has 0 saturated heterocycles. The van der Waals surface area contributed by atoms with Gasteiger partial charge in [0.1, 0.15) is 10.8 Å². The average molecular weight is 275 g/mol. The van der Waals surface area contributed by atoms with Crippen molar-refractivity contribution < 1.29 is 4.74 Å². The molecule has 2 N–H and O–H groups in total. The summed E-state index contributed by atoms with van der Waals surface area (Å²) in [5.41, 5.74) is 6.47. The third kappa shape index (κ3) is 2.18. The molecule has 6 nitrogen and oxygen atoms in total. The Balaban J connectivity index is 2.08. The summed E-state index contributed by atoms with van der Waals surface area (Å²) in [5.74, 6) is 1.50. The zero-order valence-corrected chi connectivity index (χ0v) is 11.2. The molecule has 0 fully saturated rings. The highest BCUT2D eigenvalue weighted by atomic mass is 32.1. The van der Waals surface area contributed by atoms with Gasteiger partial charge in [0, 0.05) is 12.0 Å². The topological polar surface area (TPSA) is 78.3 Å². The molecule has 19 heavy (non-hydrogen) atoms. The Hall–Kier alpha value is -1.99. The van der Waals surface area contributed by atoms with Crippen LogP contribution in [0.4, 0.5) is 0 Å². The van der Waals surface area contributed by atoms with E-state index in [-0.39, 0.29) is 0 Å². The molecule has 98 valence electrons. The molecule has 0 atom stereocenters.